The summed E-state index contributed by atoms with van der Waals surface area (Å²) < 4.78 is 6.98. The first-order chi connectivity index (χ1) is 13.9. The highest BCUT2D eigenvalue weighted by Crippen LogP contribution is 2.29. The fourth-order valence-corrected chi connectivity index (χ4v) is 4.09. The molecule has 0 spiro atoms. The van der Waals surface area contributed by atoms with Crippen LogP contribution in [-0.2, 0) is 11.3 Å². The number of hydrogen-bond acceptors (Lipinski definition) is 7. The number of ether oxygens (including phenoxy) is 1. The Bertz CT molecular complexity index is 1050. The van der Waals surface area contributed by atoms with E-state index < -0.39 is 40.7 Å². The molecule has 0 aromatic carbocycles. The molecule has 2 aliphatic heterocycles. The Hall–Kier alpha value is -3.18. The molecule has 1 saturated heterocycles. The molecule has 4 rings (SSSR count). The second-order valence-corrected chi connectivity index (χ2v) is 7.73. The Morgan fingerprint density at radius 1 is 1.28 bits per heavy atom. The number of nitrogens with one attached hydrogen (secondary N) is 2. The second-order valence-electron chi connectivity index (χ2n) is 6.78. The number of amides is 3. The van der Waals surface area contributed by atoms with E-state index in [1.54, 1.807) is 17.5 Å². The number of aromatic nitrogens is 1. The molecule has 152 valence electrons. The number of fused-ring (bicyclic) bond motifs is 2. The van der Waals surface area contributed by atoms with E-state index in [-0.39, 0.29) is 18.3 Å². The van der Waals surface area contributed by atoms with Gasteiger partial charge < -0.3 is 19.3 Å². The molecular formula is C18H18N4O6S. The van der Waals surface area contributed by atoms with Crippen LogP contribution < -0.4 is 16.3 Å². The van der Waals surface area contributed by atoms with Crippen LogP contribution in [0.1, 0.15) is 43.9 Å². The summed E-state index contributed by atoms with van der Waals surface area (Å²) in [5.74, 6) is -2.77. The fraction of sp³-hybridized carbons (Fsp3) is 0.333. The van der Waals surface area contributed by atoms with Crippen LogP contribution in [0, 0.1) is 0 Å². The van der Waals surface area contributed by atoms with Gasteiger partial charge in [0.25, 0.3) is 17.7 Å². The van der Waals surface area contributed by atoms with Gasteiger partial charge in [-0.2, -0.15) is 0 Å². The van der Waals surface area contributed by atoms with Crippen LogP contribution in [-0.4, -0.2) is 51.2 Å². The minimum atomic E-state index is -0.989. The van der Waals surface area contributed by atoms with E-state index in [0.29, 0.717) is 17.9 Å². The van der Waals surface area contributed by atoms with Gasteiger partial charge in [0, 0.05) is 12.2 Å². The molecule has 2 atom stereocenters. The molecule has 4 heterocycles. The van der Waals surface area contributed by atoms with Gasteiger partial charge in [-0.25, -0.2) is 0 Å². The first-order valence-corrected chi connectivity index (χ1v) is 9.81. The van der Waals surface area contributed by atoms with E-state index in [9.17, 15) is 24.3 Å². The van der Waals surface area contributed by atoms with Gasteiger partial charge in [-0.3, -0.25) is 30.0 Å². The molecule has 1 fully saturated rings. The molecule has 2 aromatic rings. The summed E-state index contributed by atoms with van der Waals surface area (Å²) in [6.07, 6.45) is 1.30. The lowest BCUT2D eigenvalue weighted by molar-refractivity contribution is -0.112. The third-order valence-electron chi connectivity index (χ3n) is 4.96. The third-order valence-corrected chi connectivity index (χ3v) is 5.82. The molecule has 29 heavy (non-hydrogen) atoms. The Balaban J connectivity index is 1.61. The average Bonchev–Trinajstić information content (AvgIpc) is 3.23. The van der Waals surface area contributed by atoms with E-state index >= 15 is 0 Å². The molecule has 0 unspecified atom stereocenters. The largest absolute Gasteiger partial charge is 0.503 e. The zero-order valence-electron chi connectivity index (χ0n) is 15.4. The van der Waals surface area contributed by atoms with Gasteiger partial charge in [-0.15, -0.1) is 11.3 Å². The number of aromatic hydroxyl groups is 1. The van der Waals surface area contributed by atoms with Crippen molar-refractivity contribution >= 4 is 29.1 Å². The molecule has 3 N–H and O–H groups in total. The molecule has 0 saturated carbocycles. The average molecular weight is 418 g/mol. The van der Waals surface area contributed by atoms with Crippen LogP contribution in [0.15, 0.2) is 28.5 Å². The van der Waals surface area contributed by atoms with Gasteiger partial charge in [-0.1, -0.05) is 6.07 Å². The Labute approximate surface area is 168 Å². The highest BCUT2D eigenvalue weighted by Gasteiger charge is 2.41. The summed E-state index contributed by atoms with van der Waals surface area (Å²) >= 11 is 1.19. The number of hydrazine groups is 1. The van der Waals surface area contributed by atoms with Crippen molar-refractivity contribution < 1.29 is 24.2 Å². The van der Waals surface area contributed by atoms with Crippen molar-refractivity contribution in [3.8, 4) is 5.75 Å². The molecule has 2 aromatic heterocycles. The lowest BCUT2D eigenvalue weighted by Gasteiger charge is -2.44. The van der Waals surface area contributed by atoms with Gasteiger partial charge in [0.1, 0.15) is 5.56 Å². The van der Waals surface area contributed by atoms with Gasteiger partial charge >= 0.3 is 0 Å². The molecule has 0 bridgehead atoms. The summed E-state index contributed by atoms with van der Waals surface area (Å²) in [6.45, 7) is 2.52. The lowest BCUT2D eigenvalue weighted by Crippen LogP contribution is -2.57. The van der Waals surface area contributed by atoms with Gasteiger partial charge in [-0.05, 0) is 24.8 Å². The van der Waals surface area contributed by atoms with E-state index in [4.69, 9.17) is 4.74 Å². The number of nitrogens with zero attached hydrogens (tertiary/aromatic N) is 2. The van der Waals surface area contributed by atoms with Gasteiger partial charge in [0.15, 0.2) is 17.7 Å². The standard InChI is InChI=1S/C18H18N4O6S/c1-9-4-5-28-12-8-21-7-10(14(23)15(24)13(21)18(27)22(9)12)16(25)19-20-17(26)11-3-2-6-29-11/h2-3,6-7,9,12,24H,4-5,8H2,1H3,(H,19,25)(H,20,26)/t9-,12+/m1/s1. The maximum Gasteiger partial charge on any atom is 0.279 e. The molecule has 11 heteroatoms. The van der Waals surface area contributed by atoms with Crippen molar-refractivity contribution in [2.75, 3.05) is 6.61 Å². The maximum atomic E-state index is 12.8. The quantitative estimate of drug-likeness (QED) is 0.601. The van der Waals surface area contributed by atoms with E-state index in [2.05, 4.69) is 10.9 Å². The molecule has 10 nitrogen and oxygen atoms in total. The summed E-state index contributed by atoms with van der Waals surface area (Å²) in [4.78, 5) is 51.6. The number of carbonyl (C=O) groups is 3. The lowest BCUT2D eigenvalue weighted by atomic mass is 10.1. The van der Waals surface area contributed by atoms with Gasteiger partial charge in [0.05, 0.1) is 18.0 Å². The van der Waals surface area contributed by atoms with Crippen LogP contribution >= 0.6 is 11.3 Å². The SMILES string of the molecule is C[C@@H]1CCO[C@H]2Cn3cc(C(=O)NNC(=O)c4cccs4)c(=O)c(O)c3C(=O)N12. The number of carbonyl (C=O) groups excluding carboxylic acids is 3. The van der Waals surface area contributed by atoms with Crippen molar-refractivity contribution in [2.45, 2.75) is 32.2 Å². The maximum absolute atomic E-state index is 12.8. The second kappa shape index (κ2) is 7.33. The predicted octanol–water partition coefficient (Wildman–Crippen LogP) is 0.281. The van der Waals surface area contributed by atoms with Crippen molar-refractivity contribution in [1.29, 1.82) is 0 Å². The number of thiophene rings is 1. The minimum Gasteiger partial charge on any atom is -0.503 e. The molecule has 2 aliphatic rings. The number of pyridine rings is 1. The zero-order chi connectivity index (χ0) is 20.7. The van der Waals surface area contributed by atoms with Crippen LogP contribution in [0.2, 0.25) is 0 Å². The predicted molar refractivity (Wildman–Crippen MR) is 102 cm³/mol. The van der Waals surface area contributed by atoms with Crippen LogP contribution in [0.5, 0.6) is 5.75 Å². The zero-order valence-corrected chi connectivity index (χ0v) is 16.2. The third kappa shape index (κ3) is 3.28. The van der Waals surface area contributed by atoms with E-state index in [0.717, 1.165) is 0 Å². The van der Waals surface area contributed by atoms with Crippen LogP contribution in [0.25, 0.3) is 0 Å². The molecule has 3 amide bonds. The highest BCUT2D eigenvalue weighted by atomic mass is 32.1. The van der Waals surface area contributed by atoms with Gasteiger partial charge in [0.2, 0.25) is 5.43 Å². The first kappa shape index (κ1) is 19.2. The van der Waals surface area contributed by atoms with E-state index in [1.165, 1.54) is 27.0 Å². The number of hydrogen-bond donors (Lipinski definition) is 3. The van der Waals surface area contributed by atoms with E-state index in [1.807, 2.05) is 6.92 Å². The van der Waals surface area contributed by atoms with Crippen molar-refractivity contribution in [3.05, 3.63) is 50.1 Å². The molecule has 0 aliphatic carbocycles. The minimum absolute atomic E-state index is 0.0973. The molecule has 0 radical (unpaired) electrons. The summed E-state index contributed by atoms with van der Waals surface area (Å²) in [5, 5.41) is 12.1. The fourth-order valence-electron chi connectivity index (χ4n) is 3.47. The van der Waals surface area contributed by atoms with Crippen LogP contribution in [0.3, 0.4) is 0 Å². The first-order valence-electron chi connectivity index (χ1n) is 8.93. The van der Waals surface area contributed by atoms with Crippen LogP contribution in [0.4, 0.5) is 0 Å². The van der Waals surface area contributed by atoms with Crippen molar-refractivity contribution in [1.82, 2.24) is 20.3 Å². The van der Waals surface area contributed by atoms with Crippen molar-refractivity contribution in [3.63, 3.8) is 0 Å². The smallest absolute Gasteiger partial charge is 0.279 e. The molecular weight excluding hydrogens is 400 g/mol. The summed E-state index contributed by atoms with van der Waals surface area (Å²) in [6, 6.07) is 3.16. The Kier molecular flexibility index (Phi) is 4.84. The monoisotopic (exact) mass is 418 g/mol. The van der Waals surface area contributed by atoms with Crippen molar-refractivity contribution in [2.24, 2.45) is 0 Å². The summed E-state index contributed by atoms with van der Waals surface area (Å²) in [5.41, 5.74) is 2.80. The topological polar surface area (TPSA) is 130 Å². The summed E-state index contributed by atoms with van der Waals surface area (Å²) in [7, 11) is 0. The number of rotatable bonds is 2. The Morgan fingerprint density at radius 3 is 2.76 bits per heavy atom. The Morgan fingerprint density at radius 2 is 2.03 bits per heavy atom. The normalized spacial score (nSPS) is 20.6. The highest BCUT2D eigenvalue weighted by molar-refractivity contribution is 7.12.